The summed E-state index contributed by atoms with van der Waals surface area (Å²) in [5, 5.41) is 6.09. The Bertz CT molecular complexity index is 850. The van der Waals surface area contributed by atoms with Gasteiger partial charge in [0.25, 0.3) is 11.8 Å². The van der Waals surface area contributed by atoms with E-state index in [1.54, 1.807) is 18.2 Å². The normalized spacial score (nSPS) is 23.7. The zero-order valence-corrected chi connectivity index (χ0v) is 15.6. The first-order valence-electron chi connectivity index (χ1n) is 8.99. The number of hydrogen-bond acceptors (Lipinski definition) is 5. The number of nitrogens with one attached hydrogen (secondary N) is 3. The molecule has 1 atom stereocenters. The van der Waals surface area contributed by atoms with Crippen molar-refractivity contribution in [3.05, 3.63) is 23.8 Å². The summed E-state index contributed by atoms with van der Waals surface area (Å²) in [4.78, 5) is 50.3. The minimum Gasteiger partial charge on any atom is -0.324 e. The maximum atomic E-state index is 12.7. The maximum Gasteiger partial charge on any atom is 0.344 e. The zero-order chi connectivity index (χ0) is 19.2. The monoisotopic (exact) mass is 388 g/mol. The van der Waals surface area contributed by atoms with Crippen molar-refractivity contribution in [2.24, 2.45) is 0 Å². The molecule has 1 unspecified atom stereocenters. The third-order valence-electron chi connectivity index (χ3n) is 5.25. The van der Waals surface area contributed by atoms with E-state index < -0.39 is 23.4 Å². The number of carbonyl (C=O) groups excluding carboxylic acids is 4. The lowest BCUT2D eigenvalue weighted by molar-refractivity contribution is -0.134. The van der Waals surface area contributed by atoms with Crippen molar-refractivity contribution in [2.45, 2.75) is 54.7 Å². The Morgan fingerprint density at radius 3 is 2.70 bits per heavy atom. The first kappa shape index (κ1) is 17.8. The molecule has 9 heteroatoms. The predicted molar refractivity (Wildman–Crippen MR) is 99.1 cm³/mol. The lowest BCUT2D eigenvalue weighted by atomic mass is 9.82. The zero-order valence-electron chi connectivity index (χ0n) is 14.8. The second-order valence-electron chi connectivity index (χ2n) is 7.11. The molecule has 1 aromatic carbocycles. The Hall–Kier alpha value is -2.55. The van der Waals surface area contributed by atoms with Gasteiger partial charge in [-0.2, -0.15) is 5.01 Å². The number of amides is 5. The topological polar surface area (TPSA) is 108 Å². The molecular weight excluding hydrogens is 368 g/mol. The molecule has 2 heterocycles. The summed E-state index contributed by atoms with van der Waals surface area (Å²) >= 11 is 1.42. The van der Waals surface area contributed by atoms with Crippen molar-refractivity contribution in [1.29, 1.82) is 0 Å². The number of anilines is 1. The highest BCUT2D eigenvalue weighted by Crippen LogP contribution is 2.36. The van der Waals surface area contributed by atoms with E-state index in [1.165, 1.54) is 11.8 Å². The fourth-order valence-electron chi connectivity index (χ4n) is 3.73. The highest BCUT2D eigenvalue weighted by atomic mass is 32.2. The summed E-state index contributed by atoms with van der Waals surface area (Å²) in [5.41, 5.74) is 2.33. The minimum absolute atomic E-state index is 0.126. The number of thioether (sulfide) groups is 1. The van der Waals surface area contributed by atoms with Crippen molar-refractivity contribution in [3.63, 3.8) is 0 Å². The molecule has 142 valence electrons. The van der Waals surface area contributed by atoms with Crippen molar-refractivity contribution < 1.29 is 19.2 Å². The van der Waals surface area contributed by atoms with Gasteiger partial charge in [-0.05, 0) is 38.0 Å². The van der Waals surface area contributed by atoms with Crippen molar-refractivity contribution in [3.8, 4) is 0 Å². The maximum absolute atomic E-state index is 12.7. The van der Waals surface area contributed by atoms with Gasteiger partial charge in [0.05, 0.1) is 10.9 Å². The van der Waals surface area contributed by atoms with Gasteiger partial charge in [-0.15, -0.1) is 11.8 Å². The van der Waals surface area contributed by atoms with Crippen LogP contribution < -0.4 is 16.1 Å². The van der Waals surface area contributed by atoms with Crippen LogP contribution in [0.15, 0.2) is 23.1 Å². The summed E-state index contributed by atoms with van der Waals surface area (Å²) in [7, 11) is 0. The van der Waals surface area contributed by atoms with Gasteiger partial charge in [0.2, 0.25) is 5.91 Å². The Balaban J connectivity index is 1.51. The number of urea groups is 1. The third-order valence-corrected chi connectivity index (χ3v) is 6.43. The van der Waals surface area contributed by atoms with Gasteiger partial charge in [0.1, 0.15) is 5.54 Å². The van der Waals surface area contributed by atoms with E-state index in [1.807, 2.05) is 6.92 Å². The molecule has 0 aromatic heterocycles. The molecular formula is C18H20N4O4S. The van der Waals surface area contributed by atoms with E-state index in [2.05, 4.69) is 16.1 Å². The van der Waals surface area contributed by atoms with E-state index in [0.717, 1.165) is 29.2 Å². The Morgan fingerprint density at radius 2 is 1.96 bits per heavy atom. The molecule has 1 aromatic rings. The molecule has 8 nitrogen and oxygen atoms in total. The van der Waals surface area contributed by atoms with Gasteiger partial charge in [-0.3, -0.25) is 19.8 Å². The Labute approximate surface area is 160 Å². The van der Waals surface area contributed by atoms with Crippen LogP contribution in [-0.2, 0) is 9.59 Å². The number of hydrazine groups is 1. The molecule has 2 aliphatic heterocycles. The van der Waals surface area contributed by atoms with Crippen LogP contribution in [0, 0.1) is 0 Å². The molecule has 1 saturated carbocycles. The largest absolute Gasteiger partial charge is 0.344 e. The van der Waals surface area contributed by atoms with Gasteiger partial charge in [-0.25, -0.2) is 4.79 Å². The van der Waals surface area contributed by atoms with E-state index >= 15 is 0 Å². The molecule has 2 fully saturated rings. The Morgan fingerprint density at radius 1 is 1.22 bits per heavy atom. The molecule has 5 amide bonds. The van der Waals surface area contributed by atoms with Crippen LogP contribution in [0.2, 0.25) is 0 Å². The molecule has 0 bridgehead atoms. The van der Waals surface area contributed by atoms with Crippen LogP contribution in [0.5, 0.6) is 0 Å². The first-order valence-corrected chi connectivity index (χ1v) is 9.87. The Kier molecular flexibility index (Phi) is 4.33. The van der Waals surface area contributed by atoms with Crippen LogP contribution in [0.3, 0.4) is 0 Å². The number of benzene rings is 1. The second-order valence-corrected chi connectivity index (χ2v) is 8.50. The van der Waals surface area contributed by atoms with Gasteiger partial charge in [0, 0.05) is 10.5 Å². The molecule has 3 N–H and O–H groups in total. The fourth-order valence-corrected chi connectivity index (χ4v) is 4.66. The molecule has 27 heavy (non-hydrogen) atoms. The van der Waals surface area contributed by atoms with Crippen molar-refractivity contribution in [2.75, 3.05) is 5.32 Å². The number of nitrogens with zero attached hydrogens (tertiary/aromatic N) is 1. The molecule has 3 aliphatic rings. The van der Waals surface area contributed by atoms with Crippen LogP contribution in [0.25, 0.3) is 0 Å². The van der Waals surface area contributed by atoms with Gasteiger partial charge in [-0.1, -0.05) is 19.3 Å². The quantitative estimate of drug-likeness (QED) is 0.672. The first-order chi connectivity index (χ1) is 12.9. The SMILES string of the molecule is CC1Sc2ccc(C(=O)NN3C(=O)NC4(CCCCC4)C3=O)cc2NC1=O. The number of rotatable bonds is 2. The number of fused-ring (bicyclic) bond motifs is 1. The average molecular weight is 388 g/mol. The van der Waals surface area contributed by atoms with Gasteiger partial charge >= 0.3 is 6.03 Å². The lowest BCUT2D eigenvalue weighted by Gasteiger charge is -2.30. The number of imide groups is 1. The third kappa shape index (κ3) is 3.05. The van der Waals surface area contributed by atoms with Crippen LogP contribution in [0.4, 0.5) is 10.5 Å². The van der Waals surface area contributed by atoms with Crippen LogP contribution in [-0.4, -0.2) is 39.6 Å². The van der Waals surface area contributed by atoms with Crippen LogP contribution >= 0.6 is 11.8 Å². The van der Waals surface area contributed by atoms with Crippen molar-refractivity contribution in [1.82, 2.24) is 15.8 Å². The summed E-state index contributed by atoms with van der Waals surface area (Å²) in [6.07, 6.45) is 3.95. The summed E-state index contributed by atoms with van der Waals surface area (Å²) in [5.74, 6) is -1.11. The lowest BCUT2D eigenvalue weighted by Crippen LogP contribution is -2.50. The highest BCUT2D eigenvalue weighted by molar-refractivity contribution is 8.00. The van der Waals surface area contributed by atoms with Crippen LogP contribution in [0.1, 0.15) is 49.4 Å². The van der Waals surface area contributed by atoms with E-state index in [-0.39, 0.29) is 16.7 Å². The number of hydrogen-bond donors (Lipinski definition) is 3. The van der Waals surface area contributed by atoms with Crippen molar-refractivity contribution >= 4 is 41.2 Å². The fraction of sp³-hybridized carbons (Fsp3) is 0.444. The molecule has 4 rings (SSSR count). The molecule has 0 radical (unpaired) electrons. The molecule has 1 spiro atoms. The molecule has 1 aliphatic carbocycles. The van der Waals surface area contributed by atoms with Gasteiger partial charge in [0.15, 0.2) is 0 Å². The summed E-state index contributed by atoms with van der Waals surface area (Å²) in [6.45, 7) is 1.81. The number of carbonyl (C=O) groups is 4. The van der Waals surface area contributed by atoms with E-state index in [4.69, 9.17) is 0 Å². The summed E-state index contributed by atoms with van der Waals surface area (Å²) in [6, 6.07) is 4.31. The predicted octanol–water partition coefficient (Wildman–Crippen LogP) is 2.02. The smallest absolute Gasteiger partial charge is 0.324 e. The minimum atomic E-state index is -0.890. The highest BCUT2D eigenvalue weighted by Gasteiger charge is 2.52. The van der Waals surface area contributed by atoms with E-state index in [9.17, 15) is 19.2 Å². The standard InChI is InChI=1S/C18H20N4O4S/c1-10-14(23)19-12-9-11(5-6-13(12)27-10)15(24)21-22-16(25)18(20-17(22)26)7-3-2-4-8-18/h5-6,9-10H,2-4,7-8H2,1H3,(H,19,23)(H,20,26)(H,21,24). The van der Waals surface area contributed by atoms with E-state index in [0.29, 0.717) is 18.5 Å². The molecule has 1 saturated heterocycles. The second kappa shape index (κ2) is 6.56. The average Bonchev–Trinajstić information content (AvgIpc) is 2.87. The summed E-state index contributed by atoms with van der Waals surface area (Å²) < 4.78 is 0. The van der Waals surface area contributed by atoms with Gasteiger partial charge < -0.3 is 10.6 Å².